The lowest BCUT2D eigenvalue weighted by Gasteiger charge is -2.14. The van der Waals surface area contributed by atoms with Gasteiger partial charge in [-0.1, -0.05) is 34.6 Å². The number of ether oxygens (including phenoxy) is 1. The standard InChI is InChI=1S/C21H21BrN2O3S/c1-4-9-24-20(26)17-11-16(22)6-7-18(17)23-21(24)28-12-15-10-14(13(2)25)5-8-19(15)27-3/h5-8,10-11H,4,9,12H2,1-3H3. The predicted octanol–water partition coefficient (Wildman–Crippen LogP) is 5.07. The third-order valence-corrected chi connectivity index (χ3v) is 5.89. The minimum absolute atomic E-state index is 0.00574. The van der Waals surface area contributed by atoms with Gasteiger partial charge in [0.2, 0.25) is 0 Å². The first kappa shape index (κ1) is 20.6. The van der Waals surface area contributed by atoms with E-state index in [0.29, 0.717) is 39.7 Å². The van der Waals surface area contributed by atoms with E-state index in [1.165, 1.54) is 11.8 Å². The number of nitrogens with zero attached hydrogens (tertiary/aromatic N) is 2. The molecule has 0 saturated heterocycles. The first-order chi connectivity index (χ1) is 13.4. The Morgan fingerprint density at radius 2 is 2.04 bits per heavy atom. The number of carbonyl (C=O) groups is 1. The van der Waals surface area contributed by atoms with Gasteiger partial charge in [-0.15, -0.1) is 0 Å². The molecule has 0 amide bonds. The van der Waals surface area contributed by atoms with Crippen molar-refractivity contribution in [1.29, 1.82) is 0 Å². The number of hydrogen-bond donors (Lipinski definition) is 0. The summed E-state index contributed by atoms with van der Waals surface area (Å²) in [5.41, 5.74) is 2.17. The number of methoxy groups -OCH3 is 1. The molecule has 146 valence electrons. The third-order valence-electron chi connectivity index (χ3n) is 4.37. The van der Waals surface area contributed by atoms with Crippen molar-refractivity contribution in [2.24, 2.45) is 0 Å². The Hall–Kier alpha value is -2.12. The van der Waals surface area contributed by atoms with Crippen LogP contribution in [0.1, 0.15) is 36.2 Å². The van der Waals surface area contributed by atoms with E-state index in [1.807, 2.05) is 31.2 Å². The first-order valence-corrected chi connectivity index (χ1v) is 10.7. The van der Waals surface area contributed by atoms with Crippen molar-refractivity contribution in [2.75, 3.05) is 7.11 Å². The predicted molar refractivity (Wildman–Crippen MR) is 117 cm³/mol. The van der Waals surface area contributed by atoms with E-state index in [1.54, 1.807) is 30.7 Å². The van der Waals surface area contributed by atoms with Gasteiger partial charge in [-0.3, -0.25) is 14.2 Å². The Bertz CT molecular complexity index is 1090. The van der Waals surface area contributed by atoms with Crippen LogP contribution in [0.2, 0.25) is 0 Å². The summed E-state index contributed by atoms with van der Waals surface area (Å²) in [5, 5.41) is 1.26. The molecule has 0 aliphatic carbocycles. The fourth-order valence-electron chi connectivity index (χ4n) is 2.96. The van der Waals surface area contributed by atoms with Crippen molar-refractivity contribution in [3.63, 3.8) is 0 Å². The maximum Gasteiger partial charge on any atom is 0.262 e. The molecule has 0 aliphatic heterocycles. The van der Waals surface area contributed by atoms with Crippen LogP contribution in [-0.2, 0) is 12.3 Å². The van der Waals surface area contributed by atoms with Gasteiger partial charge < -0.3 is 4.74 Å². The number of carbonyl (C=O) groups excluding carboxylic acids is 1. The van der Waals surface area contributed by atoms with Crippen LogP contribution in [0, 0.1) is 0 Å². The van der Waals surface area contributed by atoms with Crippen molar-refractivity contribution < 1.29 is 9.53 Å². The first-order valence-electron chi connectivity index (χ1n) is 8.95. The topological polar surface area (TPSA) is 61.2 Å². The van der Waals surface area contributed by atoms with E-state index in [0.717, 1.165) is 16.5 Å². The highest BCUT2D eigenvalue weighted by atomic mass is 79.9. The fourth-order valence-corrected chi connectivity index (χ4v) is 4.32. The van der Waals surface area contributed by atoms with E-state index in [-0.39, 0.29) is 11.3 Å². The van der Waals surface area contributed by atoms with Crippen molar-refractivity contribution in [3.8, 4) is 5.75 Å². The van der Waals surface area contributed by atoms with Crippen molar-refractivity contribution in [2.45, 2.75) is 37.7 Å². The van der Waals surface area contributed by atoms with Crippen LogP contribution in [0.4, 0.5) is 0 Å². The summed E-state index contributed by atoms with van der Waals surface area (Å²) in [7, 11) is 1.61. The minimum Gasteiger partial charge on any atom is -0.496 e. The van der Waals surface area contributed by atoms with Gasteiger partial charge in [0.25, 0.3) is 5.56 Å². The molecule has 0 unspecified atom stereocenters. The van der Waals surface area contributed by atoms with Crippen LogP contribution in [0.25, 0.3) is 10.9 Å². The summed E-state index contributed by atoms with van der Waals surface area (Å²) in [6, 6.07) is 10.9. The number of benzene rings is 2. The van der Waals surface area contributed by atoms with Gasteiger partial charge in [0, 0.05) is 27.9 Å². The number of rotatable bonds is 7. The zero-order valence-corrected chi connectivity index (χ0v) is 18.4. The molecule has 7 heteroatoms. The molecular weight excluding hydrogens is 440 g/mol. The number of aromatic nitrogens is 2. The Kier molecular flexibility index (Phi) is 6.57. The highest BCUT2D eigenvalue weighted by Crippen LogP contribution is 2.29. The molecule has 0 radical (unpaired) electrons. The summed E-state index contributed by atoms with van der Waals surface area (Å²) >= 11 is 4.89. The quantitative estimate of drug-likeness (QED) is 0.279. The van der Waals surface area contributed by atoms with Gasteiger partial charge in [0.1, 0.15) is 5.75 Å². The Labute approximate surface area is 176 Å². The van der Waals surface area contributed by atoms with Gasteiger partial charge in [0.05, 0.1) is 18.0 Å². The van der Waals surface area contributed by atoms with Crippen LogP contribution >= 0.6 is 27.7 Å². The van der Waals surface area contributed by atoms with Crippen molar-refractivity contribution >= 4 is 44.4 Å². The Balaban J connectivity index is 2.01. The molecule has 1 heterocycles. The van der Waals surface area contributed by atoms with Crippen LogP contribution < -0.4 is 10.3 Å². The van der Waals surface area contributed by atoms with E-state index in [2.05, 4.69) is 15.9 Å². The van der Waals surface area contributed by atoms with Gasteiger partial charge in [0.15, 0.2) is 10.9 Å². The normalized spacial score (nSPS) is 11.0. The fraction of sp³-hybridized carbons (Fsp3) is 0.286. The number of ketones is 1. The Morgan fingerprint density at radius 1 is 1.25 bits per heavy atom. The molecule has 3 rings (SSSR count). The molecular formula is C21H21BrN2O3S. The van der Waals surface area contributed by atoms with Crippen LogP contribution in [0.5, 0.6) is 5.75 Å². The minimum atomic E-state index is -0.0416. The lowest BCUT2D eigenvalue weighted by Crippen LogP contribution is -2.23. The molecule has 0 atom stereocenters. The summed E-state index contributed by atoms with van der Waals surface area (Å²) in [6.45, 7) is 4.17. The SMILES string of the molecule is CCCn1c(SCc2cc(C(C)=O)ccc2OC)nc2ccc(Br)cc2c1=O. The van der Waals surface area contributed by atoms with Gasteiger partial charge >= 0.3 is 0 Å². The second-order valence-corrected chi connectivity index (χ2v) is 8.24. The average Bonchev–Trinajstić information content (AvgIpc) is 2.69. The molecule has 0 bridgehead atoms. The maximum absolute atomic E-state index is 13.0. The monoisotopic (exact) mass is 460 g/mol. The zero-order chi connectivity index (χ0) is 20.3. The van der Waals surface area contributed by atoms with Crippen LogP contribution in [-0.4, -0.2) is 22.4 Å². The third kappa shape index (κ3) is 4.31. The zero-order valence-electron chi connectivity index (χ0n) is 16.0. The summed E-state index contributed by atoms with van der Waals surface area (Å²) in [6.07, 6.45) is 0.831. The van der Waals surface area contributed by atoms with Gasteiger partial charge in [-0.2, -0.15) is 0 Å². The van der Waals surface area contributed by atoms with Crippen LogP contribution in [0.3, 0.4) is 0 Å². The Morgan fingerprint density at radius 3 is 2.71 bits per heavy atom. The number of thioether (sulfide) groups is 1. The molecule has 0 aliphatic rings. The highest BCUT2D eigenvalue weighted by Gasteiger charge is 2.14. The number of Topliss-reactive ketones (excluding diaryl/α,β-unsaturated/α-hetero) is 1. The summed E-state index contributed by atoms with van der Waals surface area (Å²) in [4.78, 5) is 29.4. The lowest BCUT2D eigenvalue weighted by molar-refractivity contribution is 0.101. The van der Waals surface area contributed by atoms with E-state index < -0.39 is 0 Å². The average molecular weight is 461 g/mol. The number of fused-ring (bicyclic) bond motifs is 1. The second kappa shape index (κ2) is 8.92. The van der Waals surface area contributed by atoms with E-state index in [9.17, 15) is 9.59 Å². The molecule has 0 N–H and O–H groups in total. The molecule has 28 heavy (non-hydrogen) atoms. The molecule has 1 aromatic heterocycles. The second-order valence-electron chi connectivity index (χ2n) is 6.38. The molecule has 0 saturated carbocycles. The lowest BCUT2D eigenvalue weighted by atomic mass is 10.1. The smallest absolute Gasteiger partial charge is 0.262 e. The van der Waals surface area contributed by atoms with Crippen molar-refractivity contribution in [1.82, 2.24) is 9.55 Å². The van der Waals surface area contributed by atoms with Gasteiger partial charge in [-0.05, 0) is 49.7 Å². The molecule has 5 nitrogen and oxygen atoms in total. The number of hydrogen-bond acceptors (Lipinski definition) is 5. The van der Waals surface area contributed by atoms with Crippen molar-refractivity contribution in [3.05, 3.63) is 62.4 Å². The largest absolute Gasteiger partial charge is 0.496 e. The molecule has 0 spiro atoms. The summed E-state index contributed by atoms with van der Waals surface area (Å²) in [5.74, 6) is 1.26. The number of halogens is 1. The van der Waals surface area contributed by atoms with E-state index in [4.69, 9.17) is 9.72 Å². The molecule has 2 aromatic carbocycles. The summed E-state index contributed by atoms with van der Waals surface area (Å²) < 4.78 is 8.01. The molecule has 3 aromatic rings. The van der Waals surface area contributed by atoms with Gasteiger partial charge in [-0.25, -0.2) is 4.98 Å². The van der Waals surface area contributed by atoms with E-state index >= 15 is 0 Å². The highest BCUT2D eigenvalue weighted by molar-refractivity contribution is 9.10. The molecule has 0 fully saturated rings. The van der Waals surface area contributed by atoms with Crippen LogP contribution in [0.15, 0.2) is 50.8 Å². The maximum atomic E-state index is 13.0.